The Hall–Kier alpha value is -2.79. The second kappa shape index (κ2) is 5.14. The van der Waals surface area contributed by atoms with Crippen LogP contribution in [0, 0.1) is 0 Å². The molecule has 5 nitrogen and oxygen atoms in total. The average Bonchev–Trinajstić information content (AvgIpc) is 2.91. The Labute approximate surface area is 135 Å². The largest absolute Gasteiger partial charge is 0.494 e. The second-order valence-corrected chi connectivity index (χ2v) is 5.76. The molecule has 6 heteroatoms. The van der Waals surface area contributed by atoms with Gasteiger partial charge in [-0.2, -0.15) is 0 Å². The van der Waals surface area contributed by atoms with Crippen LogP contribution in [-0.2, 0) is 6.42 Å². The van der Waals surface area contributed by atoms with Crippen LogP contribution in [0.2, 0.25) is 5.02 Å². The number of nitrogens with zero attached hydrogens (tertiary/aromatic N) is 2. The van der Waals surface area contributed by atoms with Gasteiger partial charge in [-0.15, -0.1) is 0 Å². The summed E-state index contributed by atoms with van der Waals surface area (Å²) in [5.41, 5.74) is 2.29. The van der Waals surface area contributed by atoms with Gasteiger partial charge in [0.25, 0.3) is 5.56 Å². The highest BCUT2D eigenvalue weighted by atomic mass is 35.5. The van der Waals surface area contributed by atoms with Crippen molar-refractivity contribution in [2.24, 2.45) is 0 Å². The molecule has 0 spiro atoms. The van der Waals surface area contributed by atoms with Crippen LogP contribution in [0.1, 0.15) is 11.1 Å². The van der Waals surface area contributed by atoms with Crippen molar-refractivity contribution >= 4 is 28.4 Å². The van der Waals surface area contributed by atoms with E-state index in [1.807, 2.05) is 36.4 Å². The van der Waals surface area contributed by atoms with Crippen LogP contribution in [0.3, 0.4) is 0 Å². The summed E-state index contributed by atoms with van der Waals surface area (Å²) in [5, 5.41) is 11.2. The third kappa shape index (κ3) is 2.26. The van der Waals surface area contributed by atoms with Gasteiger partial charge < -0.3 is 5.11 Å². The zero-order valence-corrected chi connectivity index (χ0v) is 12.7. The molecule has 0 radical (unpaired) electrons. The van der Waals surface area contributed by atoms with E-state index in [1.165, 1.54) is 0 Å². The molecule has 0 saturated heterocycles. The molecule has 2 heterocycles. The fourth-order valence-corrected chi connectivity index (χ4v) is 2.83. The number of aromatic amines is 1. The number of hydrogen-bond acceptors (Lipinski definition) is 3. The van der Waals surface area contributed by atoms with E-state index in [4.69, 9.17) is 11.6 Å². The maximum atomic E-state index is 12.3. The van der Waals surface area contributed by atoms with Crippen molar-refractivity contribution in [1.82, 2.24) is 14.4 Å². The smallest absolute Gasteiger partial charge is 0.259 e. The molecule has 2 N–H and O–H groups in total. The summed E-state index contributed by atoms with van der Waals surface area (Å²) in [6, 6.07) is 14.6. The normalized spacial score (nSPS) is 11.3. The van der Waals surface area contributed by atoms with Gasteiger partial charge >= 0.3 is 0 Å². The number of H-pyrrole nitrogens is 1. The van der Waals surface area contributed by atoms with Gasteiger partial charge in [-0.05, 0) is 29.8 Å². The number of benzene rings is 2. The molecule has 23 heavy (non-hydrogen) atoms. The Morgan fingerprint density at radius 1 is 1.13 bits per heavy atom. The first-order valence-electron chi connectivity index (χ1n) is 7.09. The molecule has 0 aliphatic heterocycles. The summed E-state index contributed by atoms with van der Waals surface area (Å²) in [6.07, 6.45) is 0.306. The van der Waals surface area contributed by atoms with Crippen molar-refractivity contribution < 1.29 is 5.11 Å². The van der Waals surface area contributed by atoms with Crippen LogP contribution in [-0.4, -0.2) is 19.5 Å². The number of rotatable bonds is 2. The van der Waals surface area contributed by atoms with E-state index in [1.54, 1.807) is 16.5 Å². The summed E-state index contributed by atoms with van der Waals surface area (Å²) in [7, 11) is 0. The number of fused-ring (bicyclic) bond motifs is 3. The molecular formula is C17H12ClN3O2. The first kappa shape index (κ1) is 13.8. The molecular weight excluding hydrogens is 314 g/mol. The molecule has 114 valence electrons. The third-order valence-corrected chi connectivity index (χ3v) is 4.09. The minimum Gasteiger partial charge on any atom is -0.494 e. The molecule has 2 aromatic carbocycles. The predicted molar refractivity (Wildman–Crippen MR) is 89.2 cm³/mol. The number of halogens is 1. The van der Waals surface area contributed by atoms with Crippen molar-refractivity contribution in [1.29, 1.82) is 0 Å². The standard InChI is InChI=1S/C17H12ClN3O2/c18-11-7-5-10(6-8-11)9-12-15(22)20-17-19-13-3-1-2-4-14(13)21(17)16(12)23/h1-8,23H,9H2,(H,19,20,22). The Morgan fingerprint density at radius 3 is 2.65 bits per heavy atom. The van der Waals surface area contributed by atoms with Gasteiger partial charge in [-0.25, -0.2) is 9.38 Å². The highest BCUT2D eigenvalue weighted by molar-refractivity contribution is 6.30. The van der Waals surface area contributed by atoms with E-state index < -0.39 is 0 Å². The zero-order valence-electron chi connectivity index (χ0n) is 12.0. The zero-order chi connectivity index (χ0) is 16.0. The fourth-order valence-electron chi connectivity index (χ4n) is 2.70. The number of aromatic nitrogens is 3. The lowest BCUT2D eigenvalue weighted by Crippen LogP contribution is -2.16. The van der Waals surface area contributed by atoms with Crippen molar-refractivity contribution in [2.45, 2.75) is 6.42 Å². The van der Waals surface area contributed by atoms with Crippen LogP contribution >= 0.6 is 11.6 Å². The van der Waals surface area contributed by atoms with Gasteiger partial charge in [0.2, 0.25) is 11.7 Å². The molecule has 0 aliphatic rings. The number of nitrogens with one attached hydrogen (secondary N) is 1. The summed E-state index contributed by atoms with van der Waals surface area (Å²) >= 11 is 5.88. The molecule has 0 amide bonds. The van der Waals surface area contributed by atoms with Crippen molar-refractivity contribution in [3.05, 3.63) is 75.0 Å². The van der Waals surface area contributed by atoms with Gasteiger partial charge in [-0.3, -0.25) is 9.78 Å². The van der Waals surface area contributed by atoms with Crippen LogP contribution in [0.5, 0.6) is 5.88 Å². The van der Waals surface area contributed by atoms with E-state index in [9.17, 15) is 9.90 Å². The highest BCUT2D eigenvalue weighted by Crippen LogP contribution is 2.23. The van der Waals surface area contributed by atoms with Gasteiger partial charge in [0, 0.05) is 11.4 Å². The molecule has 0 unspecified atom stereocenters. The van der Waals surface area contributed by atoms with Crippen molar-refractivity contribution in [2.75, 3.05) is 0 Å². The lowest BCUT2D eigenvalue weighted by molar-refractivity contribution is 0.439. The lowest BCUT2D eigenvalue weighted by Gasteiger charge is -2.07. The summed E-state index contributed by atoms with van der Waals surface area (Å²) in [5.74, 6) is 0.237. The van der Waals surface area contributed by atoms with E-state index in [-0.39, 0.29) is 11.4 Å². The molecule has 0 aliphatic carbocycles. The monoisotopic (exact) mass is 325 g/mol. The van der Waals surface area contributed by atoms with Crippen LogP contribution in [0.4, 0.5) is 0 Å². The molecule has 2 aromatic heterocycles. The first-order chi connectivity index (χ1) is 11.1. The summed E-state index contributed by atoms with van der Waals surface area (Å²) < 4.78 is 1.56. The SMILES string of the molecule is O=c1[nH]c2nc3ccccc3n2c(O)c1Cc1ccc(Cl)cc1. The lowest BCUT2D eigenvalue weighted by atomic mass is 10.1. The molecule has 4 aromatic rings. The van der Waals surface area contributed by atoms with Crippen LogP contribution in [0.25, 0.3) is 16.8 Å². The van der Waals surface area contributed by atoms with E-state index >= 15 is 0 Å². The Bertz CT molecular complexity index is 1080. The number of para-hydroxylation sites is 2. The molecule has 0 bridgehead atoms. The van der Waals surface area contributed by atoms with Crippen molar-refractivity contribution in [3.8, 4) is 5.88 Å². The Morgan fingerprint density at radius 2 is 1.87 bits per heavy atom. The molecule has 0 saturated carbocycles. The van der Waals surface area contributed by atoms with Crippen LogP contribution < -0.4 is 5.56 Å². The van der Waals surface area contributed by atoms with E-state index in [0.29, 0.717) is 28.3 Å². The van der Waals surface area contributed by atoms with E-state index in [2.05, 4.69) is 9.97 Å². The van der Waals surface area contributed by atoms with Gasteiger partial charge in [-0.1, -0.05) is 35.9 Å². The summed E-state index contributed by atoms with van der Waals surface area (Å²) in [6.45, 7) is 0. The quantitative estimate of drug-likeness (QED) is 0.595. The molecule has 0 atom stereocenters. The van der Waals surface area contributed by atoms with Gasteiger partial charge in [0.1, 0.15) is 0 Å². The molecule has 4 rings (SSSR count). The maximum absolute atomic E-state index is 12.3. The second-order valence-electron chi connectivity index (χ2n) is 5.32. The molecule has 0 fully saturated rings. The number of imidazole rings is 1. The van der Waals surface area contributed by atoms with Gasteiger partial charge in [0.15, 0.2) is 0 Å². The average molecular weight is 326 g/mol. The minimum absolute atomic E-state index is 0.0904. The van der Waals surface area contributed by atoms with E-state index in [0.717, 1.165) is 11.1 Å². The first-order valence-corrected chi connectivity index (χ1v) is 7.47. The van der Waals surface area contributed by atoms with Gasteiger partial charge in [0.05, 0.1) is 16.6 Å². The topological polar surface area (TPSA) is 70.4 Å². The van der Waals surface area contributed by atoms with Crippen LogP contribution in [0.15, 0.2) is 53.3 Å². The predicted octanol–water partition coefficient (Wildman–Crippen LogP) is 3.13. The minimum atomic E-state index is -0.347. The Balaban J connectivity index is 1.94. The highest BCUT2D eigenvalue weighted by Gasteiger charge is 2.16. The van der Waals surface area contributed by atoms with Crippen molar-refractivity contribution in [3.63, 3.8) is 0 Å². The summed E-state index contributed by atoms with van der Waals surface area (Å²) in [4.78, 5) is 19.4. The number of hydrogen-bond donors (Lipinski definition) is 2. The number of aromatic hydroxyl groups is 1. The maximum Gasteiger partial charge on any atom is 0.259 e. The fraction of sp³-hybridized carbons (Fsp3) is 0.0588. The Kier molecular flexibility index (Phi) is 3.09. The third-order valence-electron chi connectivity index (χ3n) is 3.84.